The number of carboxylic acid groups (broad SMARTS) is 1. The molecule has 4 rings (SSSR count). The minimum Gasteiger partial charge on any atom is -0.483 e. The Morgan fingerprint density at radius 2 is 2.06 bits per heavy atom. The average molecular weight is 494 g/mol. The Balaban J connectivity index is 0.00000108. The van der Waals surface area contributed by atoms with Gasteiger partial charge in [-0.15, -0.1) is 0 Å². The number of nitrogens with one attached hydrogen (secondary N) is 1. The van der Waals surface area contributed by atoms with E-state index < -0.39 is 35.4 Å². The first-order chi connectivity index (χ1) is 16.6. The molecule has 0 bridgehead atoms. The van der Waals surface area contributed by atoms with E-state index in [1.165, 1.54) is 12.1 Å². The lowest BCUT2D eigenvalue weighted by Crippen LogP contribution is -2.45. The molecule has 9 nitrogen and oxygen atoms in total. The molecule has 2 aromatic rings. The molecule has 1 aliphatic heterocycles. The number of nitrogens with zero attached hydrogens (tertiary/aromatic N) is 2. The minimum absolute atomic E-state index is 0.0749. The second-order valence-electron chi connectivity index (χ2n) is 8.24. The van der Waals surface area contributed by atoms with Gasteiger partial charge in [0.1, 0.15) is 30.6 Å². The summed E-state index contributed by atoms with van der Waals surface area (Å²) in [7, 11) is 0. The van der Waals surface area contributed by atoms with Gasteiger partial charge in [0.05, 0.1) is 6.61 Å². The number of hydrogen-bond acceptors (Lipinski definition) is 7. The molecule has 1 unspecified atom stereocenters. The quantitative estimate of drug-likeness (QED) is 0.525. The Labute approximate surface area is 199 Å². The van der Waals surface area contributed by atoms with Crippen molar-refractivity contribution in [3.05, 3.63) is 53.5 Å². The predicted molar refractivity (Wildman–Crippen MR) is 120 cm³/mol. The summed E-state index contributed by atoms with van der Waals surface area (Å²) < 4.78 is 54.7. The molecule has 1 saturated carbocycles. The summed E-state index contributed by atoms with van der Waals surface area (Å²) in [6, 6.07) is 8.15. The highest BCUT2D eigenvalue weighted by Gasteiger charge is 2.54. The second kappa shape index (κ2) is 10.7. The van der Waals surface area contributed by atoms with Gasteiger partial charge in [-0.1, -0.05) is 6.07 Å². The summed E-state index contributed by atoms with van der Waals surface area (Å²) in [5, 5.41) is 9.45. The number of aliphatic imine (C=N–C) groups is 1. The Hall–Kier alpha value is -3.67. The molecule has 35 heavy (non-hydrogen) atoms. The van der Waals surface area contributed by atoms with Crippen LogP contribution in [0.1, 0.15) is 35.8 Å². The molecule has 0 radical (unpaired) electrons. The molecule has 1 aromatic carbocycles. The number of alkyl halides is 2. The maximum absolute atomic E-state index is 14.8. The molecule has 1 amide bonds. The number of benzene rings is 1. The van der Waals surface area contributed by atoms with Crippen molar-refractivity contribution >= 4 is 23.9 Å². The van der Waals surface area contributed by atoms with Crippen LogP contribution in [0.15, 0.2) is 41.4 Å². The van der Waals surface area contributed by atoms with Gasteiger partial charge in [-0.25, -0.2) is 18.2 Å². The van der Waals surface area contributed by atoms with Crippen LogP contribution in [0.2, 0.25) is 0 Å². The number of pyridine rings is 1. The van der Waals surface area contributed by atoms with E-state index in [0.717, 1.165) is 31.9 Å². The molecule has 4 N–H and O–H groups in total. The predicted octanol–water partition coefficient (Wildman–Crippen LogP) is 3.20. The van der Waals surface area contributed by atoms with Crippen LogP contribution in [-0.4, -0.2) is 54.0 Å². The Bertz CT molecular complexity index is 1110. The van der Waals surface area contributed by atoms with Crippen molar-refractivity contribution < 1.29 is 37.3 Å². The van der Waals surface area contributed by atoms with Gasteiger partial charge in [-0.3, -0.25) is 14.6 Å². The van der Waals surface area contributed by atoms with E-state index in [9.17, 15) is 18.0 Å². The highest BCUT2D eigenvalue weighted by atomic mass is 19.3. The maximum atomic E-state index is 14.8. The molecule has 1 aromatic heterocycles. The largest absolute Gasteiger partial charge is 0.483 e. The number of nitrogens with two attached hydrogens (primary N) is 1. The lowest BCUT2D eigenvalue weighted by Gasteiger charge is -2.33. The van der Waals surface area contributed by atoms with E-state index in [0.29, 0.717) is 18.4 Å². The Morgan fingerprint density at radius 1 is 1.34 bits per heavy atom. The molecule has 1 aliphatic carbocycles. The zero-order valence-electron chi connectivity index (χ0n) is 18.8. The van der Waals surface area contributed by atoms with Gasteiger partial charge in [0, 0.05) is 17.3 Å². The first-order valence-electron chi connectivity index (χ1n) is 10.7. The minimum atomic E-state index is -3.54. The summed E-state index contributed by atoms with van der Waals surface area (Å²) in [6.07, 6.45) is 2.24. The number of aromatic nitrogens is 1. The van der Waals surface area contributed by atoms with Crippen LogP contribution in [0.4, 0.5) is 18.9 Å². The first-order valence-corrected chi connectivity index (χ1v) is 10.7. The fourth-order valence-corrected chi connectivity index (χ4v) is 3.36. The van der Waals surface area contributed by atoms with E-state index in [2.05, 4.69) is 15.3 Å². The Morgan fingerprint density at radius 3 is 2.74 bits per heavy atom. The van der Waals surface area contributed by atoms with Crippen LogP contribution in [-0.2, 0) is 15.1 Å². The maximum Gasteiger partial charge on any atom is 0.299 e. The summed E-state index contributed by atoms with van der Waals surface area (Å²) in [5.41, 5.74) is 3.11. The zero-order valence-corrected chi connectivity index (χ0v) is 18.8. The number of carbonyl (C=O) groups excluding carboxylic acids is 1. The van der Waals surface area contributed by atoms with Gasteiger partial charge < -0.3 is 25.6 Å². The smallest absolute Gasteiger partial charge is 0.299 e. The second-order valence-corrected chi connectivity index (χ2v) is 8.24. The number of amides is 1. The standard InChI is InChI=1S/C22H23F3N4O3.CH2O2/c1-21(22(24,25)12-31-11-18(26)29-21)15-9-14(7-8-16(15)23)27-20(30)17-3-2-4-19(28-17)32-10-13-5-6-13;2-1-3/h2-4,7-9,13H,5-6,10-12H2,1H3,(H2,26,29)(H,27,30);1H,(H,2,3). The number of amidine groups is 1. The van der Waals surface area contributed by atoms with Crippen LogP contribution in [0.5, 0.6) is 5.88 Å². The van der Waals surface area contributed by atoms with E-state index >= 15 is 0 Å². The van der Waals surface area contributed by atoms with Crippen LogP contribution >= 0.6 is 0 Å². The summed E-state index contributed by atoms with van der Waals surface area (Å²) in [4.78, 5) is 29.1. The van der Waals surface area contributed by atoms with Crippen molar-refractivity contribution in [2.24, 2.45) is 16.6 Å². The third kappa shape index (κ3) is 6.27. The molecule has 2 heterocycles. The topological polar surface area (TPSA) is 136 Å². The van der Waals surface area contributed by atoms with Crippen LogP contribution in [0, 0.1) is 11.7 Å². The zero-order chi connectivity index (χ0) is 25.6. The molecule has 188 valence electrons. The van der Waals surface area contributed by atoms with E-state index in [1.807, 2.05) is 0 Å². The number of halogens is 3. The monoisotopic (exact) mass is 494 g/mol. The molecule has 1 atom stereocenters. The molecule has 1 fully saturated rings. The van der Waals surface area contributed by atoms with Crippen molar-refractivity contribution in [2.75, 3.05) is 25.1 Å². The first kappa shape index (κ1) is 25.9. The van der Waals surface area contributed by atoms with E-state index in [-0.39, 0.29) is 30.3 Å². The van der Waals surface area contributed by atoms with Gasteiger partial charge in [-0.05, 0) is 49.9 Å². The van der Waals surface area contributed by atoms with Crippen LogP contribution in [0.3, 0.4) is 0 Å². The molecule has 2 aliphatic rings. The van der Waals surface area contributed by atoms with Gasteiger partial charge >= 0.3 is 0 Å². The lowest BCUT2D eigenvalue weighted by molar-refractivity contribution is -0.122. The molecule has 12 heteroatoms. The van der Waals surface area contributed by atoms with Crippen LogP contribution in [0.25, 0.3) is 0 Å². The van der Waals surface area contributed by atoms with Crippen molar-refractivity contribution in [3.8, 4) is 5.88 Å². The Kier molecular flexibility index (Phi) is 7.95. The summed E-state index contributed by atoms with van der Waals surface area (Å²) in [6.45, 7) is 0.121. The third-order valence-electron chi connectivity index (χ3n) is 5.48. The van der Waals surface area contributed by atoms with Gasteiger partial charge in [0.25, 0.3) is 18.3 Å². The van der Waals surface area contributed by atoms with Crippen molar-refractivity contribution in [2.45, 2.75) is 31.2 Å². The average Bonchev–Trinajstić information content (AvgIpc) is 3.64. The normalized spacial score (nSPS) is 21.0. The van der Waals surface area contributed by atoms with E-state index in [4.69, 9.17) is 25.1 Å². The number of anilines is 1. The molecular weight excluding hydrogens is 469 g/mol. The fourth-order valence-electron chi connectivity index (χ4n) is 3.36. The van der Waals surface area contributed by atoms with Crippen molar-refractivity contribution in [1.29, 1.82) is 0 Å². The van der Waals surface area contributed by atoms with Crippen molar-refractivity contribution in [3.63, 3.8) is 0 Å². The number of ether oxygens (including phenoxy) is 2. The SMILES string of the molecule is CC1(c2cc(NC(=O)c3cccc(OCC4CC4)n3)ccc2F)N=C(N)COCC1(F)F.O=CO. The number of rotatable bonds is 6. The highest BCUT2D eigenvalue weighted by molar-refractivity contribution is 6.03. The van der Waals surface area contributed by atoms with Gasteiger partial charge in [0.15, 0.2) is 5.54 Å². The third-order valence-corrected chi connectivity index (χ3v) is 5.48. The van der Waals surface area contributed by atoms with Crippen molar-refractivity contribution in [1.82, 2.24) is 4.98 Å². The molecule has 0 spiro atoms. The number of carbonyl (C=O) groups is 2. The van der Waals surface area contributed by atoms with Crippen LogP contribution < -0.4 is 15.8 Å². The number of hydrogen-bond donors (Lipinski definition) is 3. The summed E-state index contributed by atoms with van der Waals surface area (Å²) >= 11 is 0. The van der Waals surface area contributed by atoms with E-state index in [1.54, 1.807) is 12.1 Å². The lowest BCUT2D eigenvalue weighted by atomic mass is 9.85. The van der Waals surface area contributed by atoms with Gasteiger partial charge in [0.2, 0.25) is 5.88 Å². The fraction of sp³-hybridized carbons (Fsp3) is 0.391. The molecular formula is C23H25F3N4O5. The summed E-state index contributed by atoms with van der Waals surface area (Å²) in [5.74, 6) is -4.37. The molecule has 0 saturated heterocycles. The highest BCUT2D eigenvalue weighted by Crippen LogP contribution is 2.44. The van der Waals surface area contributed by atoms with Gasteiger partial charge in [-0.2, -0.15) is 0 Å².